The van der Waals surface area contributed by atoms with Crippen LogP contribution in [0.15, 0.2) is 47.2 Å². The van der Waals surface area contributed by atoms with Gasteiger partial charge < -0.3 is 15.2 Å². The Morgan fingerprint density at radius 2 is 2.33 bits per heavy atom. The number of hydrogen-bond acceptors (Lipinski definition) is 6. The number of halogens is 1. The lowest BCUT2D eigenvalue weighted by atomic mass is 9.94. The van der Waals surface area contributed by atoms with Crippen molar-refractivity contribution in [3.8, 4) is 11.9 Å². The van der Waals surface area contributed by atoms with Crippen LogP contribution in [0.2, 0.25) is 5.15 Å². The van der Waals surface area contributed by atoms with Crippen molar-refractivity contribution in [2.75, 3.05) is 6.61 Å². The second-order valence-electron chi connectivity index (χ2n) is 4.97. The van der Waals surface area contributed by atoms with E-state index >= 15 is 0 Å². The fourth-order valence-corrected chi connectivity index (χ4v) is 3.41. The van der Waals surface area contributed by atoms with Crippen LogP contribution >= 0.6 is 22.9 Å². The van der Waals surface area contributed by atoms with E-state index in [4.69, 9.17) is 26.8 Å². The van der Waals surface area contributed by atoms with E-state index in [1.807, 2.05) is 30.5 Å². The Bertz CT molecular complexity index is 853. The first-order valence-electron chi connectivity index (χ1n) is 7.26. The SMILES string of the molecule is CCOc1cc(C2=CC(c3cccs3)C(C#N)=C(N)O2)cc(Cl)n1. The van der Waals surface area contributed by atoms with E-state index in [0.717, 1.165) is 4.88 Å². The van der Waals surface area contributed by atoms with Crippen LogP contribution in [0.25, 0.3) is 5.76 Å². The number of hydrogen-bond donors (Lipinski definition) is 1. The first kappa shape index (κ1) is 16.4. The molecular weight excluding hydrogens is 346 g/mol. The molecule has 0 aromatic carbocycles. The lowest BCUT2D eigenvalue weighted by Gasteiger charge is -2.22. The number of nitrogens with two attached hydrogens (primary N) is 1. The Morgan fingerprint density at radius 3 is 3.00 bits per heavy atom. The van der Waals surface area contributed by atoms with Crippen LogP contribution in [-0.4, -0.2) is 11.6 Å². The van der Waals surface area contributed by atoms with Gasteiger partial charge >= 0.3 is 0 Å². The Labute approximate surface area is 148 Å². The summed E-state index contributed by atoms with van der Waals surface area (Å²) in [4.78, 5) is 5.12. The smallest absolute Gasteiger partial charge is 0.215 e. The summed E-state index contributed by atoms with van der Waals surface area (Å²) in [6, 6.07) is 9.44. The summed E-state index contributed by atoms with van der Waals surface area (Å²) in [5.74, 6) is 0.779. The molecule has 2 aromatic heterocycles. The summed E-state index contributed by atoms with van der Waals surface area (Å²) in [5, 5.41) is 11.7. The van der Waals surface area contributed by atoms with Gasteiger partial charge in [-0.3, -0.25) is 0 Å². The van der Waals surface area contributed by atoms with Crippen LogP contribution in [0.5, 0.6) is 5.88 Å². The Morgan fingerprint density at radius 1 is 1.50 bits per heavy atom. The van der Waals surface area contributed by atoms with Gasteiger partial charge in [0.15, 0.2) is 0 Å². The van der Waals surface area contributed by atoms with Gasteiger partial charge in [-0.05, 0) is 30.5 Å². The van der Waals surface area contributed by atoms with E-state index in [-0.39, 0.29) is 11.8 Å². The molecule has 1 aliphatic rings. The van der Waals surface area contributed by atoms with Gasteiger partial charge in [-0.2, -0.15) is 5.26 Å². The molecule has 3 heterocycles. The zero-order valence-corrected chi connectivity index (χ0v) is 14.4. The molecule has 1 atom stereocenters. The zero-order chi connectivity index (χ0) is 17.1. The largest absolute Gasteiger partial charge is 0.478 e. The predicted octanol–water partition coefficient (Wildman–Crippen LogP) is 4.04. The molecule has 0 spiro atoms. The number of nitriles is 1. The topological polar surface area (TPSA) is 81.2 Å². The van der Waals surface area contributed by atoms with Crippen molar-refractivity contribution in [1.82, 2.24) is 4.98 Å². The van der Waals surface area contributed by atoms with Crippen LogP contribution in [0.4, 0.5) is 0 Å². The highest BCUT2D eigenvalue weighted by Crippen LogP contribution is 2.38. The molecule has 0 saturated heterocycles. The van der Waals surface area contributed by atoms with Crippen molar-refractivity contribution in [1.29, 1.82) is 5.26 Å². The molecule has 24 heavy (non-hydrogen) atoms. The monoisotopic (exact) mass is 359 g/mol. The van der Waals surface area contributed by atoms with Crippen molar-refractivity contribution in [3.63, 3.8) is 0 Å². The molecule has 7 heteroatoms. The highest BCUT2D eigenvalue weighted by Gasteiger charge is 2.27. The number of pyridine rings is 1. The Kier molecular flexibility index (Phi) is 4.74. The third-order valence-electron chi connectivity index (χ3n) is 3.43. The first-order valence-corrected chi connectivity index (χ1v) is 8.51. The van der Waals surface area contributed by atoms with Gasteiger partial charge in [-0.15, -0.1) is 11.3 Å². The average molecular weight is 360 g/mol. The number of allylic oxidation sites excluding steroid dienone is 2. The van der Waals surface area contributed by atoms with E-state index in [2.05, 4.69) is 11.1 Å². The molecule has 0 saturated carbocycles. The molecule has 1 aliphatic heterocycles. The molecule has 5 nitrogen and oxygen atoms in total. The van der Waals surface area contributed by atoms with E-state index in [1.54, 1.807) is 23.5 Å². The van der Waals surface area contributed by atoms with Gasteiger partial charge in [0, 0.05) is 16.5 Å². The lowest BCUT2D eigenvalue weighted by molar-refractivity contribution is 0.325. The second kappa shape index (κ2) is 6.95. The molecule has 0 aliphatic carbocycles. The zero-order valence-electron chi connectivity index (χ0n) is 12.8. The highest BCUT2D eigenvalue weighted by atomic mass is 35.5. The molecule has 3 rings (SSSR count). The number of aromatic nitrogens is 1. The minimum atomic E-state index is -0.249. The van der Waals surface area contributed by atoms with Crippen molar-refractivity contribution in [3.05, 3.63) is 62.8 Å². The van der Waals surface area contributed by atoms with Crippen LogP contribution < -0.4 is 10.5 Å². The molecule has 0 amide bonds. The summed E-state index contributed by atoms with van der Waals surface area (Å²) in [7, 11) is 0. The molecule has 0 fully saturated rings. The maximum absolute atomic E-state index is 9.40. The Hall–Kier alpha value is -2.49. The number of nitrogens with zero attached hydrogens (tertiary/aromatic N) is 2. The maximum atomic E-state index is 9.40. The predicted molar refractivity (Wildman–Crippen MR) is 93.4 cm³/mol. The minimum absolute atomic E-state index is 0.0966. The number of rotatable bonds is 4. The summed E-state index contributed by atoms with van der Waals surface area (Å²) >= 11 is 7.62. The van der Waals surface area contributed by atoms with Crippen LogP contribution in [-0.2, 0) is 4.74 Å². The molecule has 0 radical (unpaired) electrons. The highest BCUT2D eigenvalue weighted by molar-refractivity contribution is 7.10. The third-order valence-corrected chi connectivity index (χ3v) is 4.58. The van der Waals surface area contributed by atoms with Gasteiger partial charge in [0.25, 0.3) is 0 Å². The van der Waals surface area contributed by atoms with Gasteiger partial charge in [0.1, 0.15) is 22.6 Å². The molecule has 0 bridgehead atoms. The van der Waals surface area contributed by atoms with Crippen LogP contribution in [0, 0.1) is 11.3 Å². The summed E-state index contributed by atoms with van der Waals surface area (Å²) in [6.45, 7) is 2.34. The lowest BCUT2D eigenvalue weighted by Crippen LogP contribution is -2.15. The van der Waals surface area contributed by atoms with Gasteiger partial charge in [0.2, 0.25) is 11.8 Å². The van der Waals surface area contributed by atoms with Crippen molar-refractivity contribution >= 4 is 28.7 Å². The van der Waals surface area contributed by atoms with E-state index < -0.39 is 0 Å². The van der Waals surface area contributed by atoms with E-state index in [9.17, 15) is 5.26 Å². The first-order chi connectivity index (χ1) is 11.6. The molecular formula is C17H14ClN3O2S. The summed E-state index contributed by atoms with van der Waals surface area (Å²) < 4.78 is 11.1. The number of ether oxygens (including phenoxy) is 2. The summed E-state index contributed by atoms with van der Waals surface area (Å²) in [6.07, 6.45) is 1.86. The van der Waals surface area contributed by atoms with Gasteiger partial charge in [-0.1, -0.05) is 17.7 Å². The normalized spacial score (nSPS) is 17.0. The number of thiophene rings is 1. The fraction of sp³-hybridized carbons (Fsp3) is 0.176. The Balaban J connectivity index is 2.05. The van der Waals surface area contributed by atoms with E-state index in [0.29, 0.717) is 34.5 Å². The minimum Gasteiger partial charge on any atom is -0.478 e. The van der Waals surface area contributed by atoms with Crippen LogP contribution in [0.1, 0.15) is 23.3 Å². The van der Waals surface area contributed by atoms with Crippen LogP contribution in [0.3, 0.4) is 0 Å². The summed E-state index contributed by atoms with van der Waals surface area (Å²) in [5.41, 5.74) is 7.06. The van der Waals surface area contributed by atoms with Gasteiger partial charge in [-0.25, -0.2) is 4.98 Å². The van der Waals surface area contributed by atoms with E-state index in [1.165, 1.54) is 0 Å². The van der Waals surface area contributed by atoms with Crippen molar-refractivity contribution in [2.45, 2.75) is 12.8 Å². The molecule has 2 aromatic rings. The molecule has 2 N–H and O–H groups in total. The molecule has 1 unspecified atom stereocenters. The standard InChI is InChI=1S/C17H14ClN3O2S/c1-2-22-16-7-10(6-15(18)21-16)13-8-11(14-4-3-5-24-14)12(9-19)17(20)23-13/h3-8,11H,2,20H2,1H3. The second-order valence-corrected chi connectivity index (χ2v) is 6.33. The molecule has 122 valence electrons. The third kappa shape index (κ3) is 3.23. The van der Waals surface area contributed by atoms with Crippen molar-refractivity contribution < 1.29 is 9.47 Å². The quantitative estimate of drug-likeness (QED) is 0.833. The maximum Gasteiger partial charge on any atom is 0.215 e. The van der Waals surface area contributed by atoms with Crippen molar-refractivity contribution in [2.24, 2.45) is 5.73 Å². The average Bonchev–Trinajstić information content (AvgIpc) is 3.08. The fourth-order valence-electron chi connectivity index (χ4n) is 2.40. The van der Waals surface area contributed by atoms with Gasteiger partial charge in [0.05, 0.1) is 12.5 Å².